The van der Waals surface area contributed by atoms with Crippen LogP contribution in [0.2, 0.25) is 0 Å². The quantitative estimate of drug-likeness (QED) is 0.747. The van der Waals surface area contributed by atoms with E-state index in [1.165, 1.54) is 0 Å². The van der Waals surface area contributed by atoms with Crippen LogP contribution >= 0.6 is 0 Å². The molecule has 4 nitrogen and oxygen atoms in total. The van der Waals surface area contributed by atoms with Crippen LogP contribution in [0, 0.1) is 6.92 Å². The number of carbonyl (C=O) groups excluding carboxylic acids is 1. The molecule has 0 fully saturated rings. The Morgan fingerprint density at radius 3 is 2.41 bits per heavy atom. The minimum Gasteiger partial charge on any atom is -0.359 e. The summed E-state index contributed by atoms with van der Waals surface area (Å²) in [6.07, 6.45) is 2.48. The zero-order valence-electron chi connectivity index (χ0n) is 11.2. The monoisotopic (exact) mass is 235 g/mol. The third-order valence-electron chi connectivity index (χ3n) is 1.82. The first-order chi connectivity index (χ1) is 8.22. The maximum Gasteiger partial charge on any atom is 0.153 e. The van der Waals surface area contributed by atoms with Crippen LogP contribution in [0.1, 0.15) is 29.9 Å². The Morgan fingerprint density at radius 1 is 1.29 bits per heavy atom. The number of aromatic amines is 1. The number of pyridine rings is 1. The molecule has 17 heavy (non-hydrogen) atoms. The van der Waals surface area contributed by atoms with Gasteiger partial charge in [-0.15, -0.1) is 0 Å². The van der Waals surface area contributed by atoms with Gasteiger partial charge in [0.2, 0.25) is 0 Å². The fourth-order valence-corrected chi connectivity index (χ4v) is 1.21. The number of aldehydes is 1. The minimum absolute atomic E-state index is 0.619. The van der Waals surface area contributed by atoms with Gasteiger partial charge in [0.25, 0.3) is 0 Å². The van der Waals surface area contributed by atoms with Crippen molar-refractivity contribution in [2.24, 2.45) is 0 Å². The molecule has 94 valence electrons. The van der Waals surface area contributed by atoms with Crippen molar-refractivity contribution in [3.63, 3.8) is 0 Å². The van der Waals surface area contributed by atoms with Crippen molar-refractivity contribution >= 4 is 17.3 Å². The Hall–Kier alpha value is -1.68. The molecule has 0 unspecified atom stereocenters. The minimum atomic E-state index is 0.619. The molecular weight excluding hydrogens is 214 g/mol. The van der Waals surface area contributed by atoms with E-state index in [2.05, 4.69) is 15.3 Å². The SMILES string of the molecule is CC.CNC.Cc1ccc2[nH]cc(C=O)c2n1. The van der Waals surface area contributed by atoms with Crippen LogP contribution in [-0.2, 0) is 0 Å². The highest BCUT2D eigenvalue weighted by atomic mass is 16.1. The number of hydrogen-bond donors (Lipinski definition) is 2. The second-order valence-corrected chi connectivity index (χ2v) is 3.21. The van der Waals surface area contributed by atoms with E-state index in [1.54, 1.807) is 6.20 Å². The van der Waals surface area contributed by atoms with Crippen LogP contribution in [0.4, 0.5) is 0 Å². The van der Waals surface area contributed by atoms with Crippen molar-refractivity contribution in [3.8, 4) is 0 Å². The van der Waals surface area contributed by atoms with Crippen LogP contribution in [0.15, 0.2) is 18.3 Å². The molecule has 0 amide bonds. The number of aromatic nitrogens is 2. The summed E-state index contributed by atoms with van der Waals surface area (Å²) >= 11 is 0. The van der Waals surface area contributed by atoms with Crippen LogP contribution in [0.5, 0.6) is 0 Å². The topological polar surface area (TPSA) is 57.8 Å². The molecule has 2 aromatic rings. The maximum atomic E-state index is 10.5. The predicted molar refractivity (Wildman–Crippen MR) is 72.5 cm³/mol. The molecule has 0 atom stereocenters. The molecular formula is C13H21N3O. The van der Waals surface area contributed by atoms with Crippen molar-refractivity contribution in [2.75, 3.05) is 14.1 Å². The number of rotatable bonds is 1. The summed E-state index contributed by atoms with van der Waals surface area (Å²) in [6.45, 7) is 5.90. The van der Waals surface area contributed by atoms with E-state index >= 15 is 0 Å². The third-order valence-corrected chi connectivity index (χ3v) is 1.82. The van der Waals surface area contributed by atoms with Gasteiger partial charge < -0.3 is 10.3 Å². The molecule has 4 heteroatoms. The van der Waals surface area contributed by atoms with E-state index in [-0.39, 0.29) is 0 Å². The van der Waals surface area contributed by atoms with E-state index in [1.807, 2.05) is 47.0 Å². The second-order valence-electron chi connectivity index (χ2n) is 3.21. The van der Waals surface area contributed by atoms with Gasteiger partial charge in [-0.05, 0) is 33.2 Å². The molecule has 2 heterocycles. The number of nitrogens with zero attached hydrogens (tertiary/aromatic N) is 1. The molecule has 0 aliphatic rings. The summed E-state index contributed by atoms with van der Waals surface area (Å²) in [5.41, 5.74) is 3.20. The van der Waals surface area contributed by atoms with Crippen LogP contribution in [0.3, 0.4) is 0 Å². The molecule has 2 N–H and O–H groups in total. The van der Waals surface area contributed by atoms with Crippen LogP contribution in [0.25, 0.3) is 11.0 Å². The lowest BCUT2D eigenvalue weighted by Gasteiger charge is -1.91. The van der Waals surface area contributed by atoms with Gasteiger partial charge in [-0.2, -0.15) is 0 Å². The lowest BCUT2D eigenvalue weighted by atomic mass is 10.2. The molecule has 0 bridgehead atoms. The van der Waals surface area contributed by atoms with Crippen LogP contribution in [-0.4, -0.2) is 30.3 Å². The van der Waals surface area contributed by atoms with Gasteiger partial charge in [0.15, 0.2) is 6.29 Å². The highest BCUT2D eigenvalue weighted by Crippen LogP contribution is 2.13. The third kappa shape index (κ3) is 4.36. The largest absolute Gasteiger partial charge is 0.359 e. The summed E-state index contributed by atoms with van der Waals surface area (Å²) in [4.78, 5) is 17.7. The Bertz CT molecular complexity index is 449. The van der Waals surface area contributed by atoms with Crippen molar-refractivity contribution < 1.29 is 4.79 Å². The van der Waals surface area contributed by atoms with Gasteiger partial charge in [0.05, 0.1) is 16.6 Å². The standard InChI is InChI=1S/C9H8N2O.C2H7N.C2H6/c1-6-2-3-8-9(11-6)7(5-12)4-10-8;1-3-2;1-2/h2-5,10H,1H3;3H,1-2H3;1-2H3. The smallest absolute Gasteiger partial charge is 0.153 e. The van der Waals surface area contributed by atoms with Crippen LogP contribution < -0.4 is 5.32 Å². The van der Waals surface area contributed by atoms with Gasteiger partial charge in [0.1, 0.15) is 0 Å². The Balaban J connectivity index is 0.000000450. The molecule has 0 aliphatic carbocycles. The Labute approximate surface area is 102 Å². The van der Waals surface area contributed by atoms with E-state index in [0.717, 1.165) is 23.0 Å². The van der Waals surface area contributed by atoms with E-state index < -0.39 is 0 Å². The van der Waals surface area contributed by atoms with Gasteiger partial charge in [-0.1, -0.05) is 13.8 Å². The fourth-order valence-electron chi connectivity index (χ4n) is 1.21. The Kier molecular flexibility index (Phi) is 7.63. The lowest BCUT2D eigenvalue weighted by molar-refractivity contribution is 0.112. The number of H-pyrrole nitrogens is 1. The number of nitrogens with one attached hydrogen (secondary N) is 2. The summed E-state index contributed by atoms with van der Waals surface area (Å²) in [6, 6.07) is 3.83. The summed E-state index contributed by atoms with van der Waals surface area (Å²) in [5.74, 6) is 0. The molecule has 0 saturated carbocycles. The van der Waals surface area contributed by atoms with Crippen molar-refractivity contribution in [2.45, 2.75) is 20.8 Å². The average Bonchev–Trinajstić information content (AvgIpc) is 2.75. The highest BCUT2D eigenvalue weighted by Gasteiger charge is 2.02. The molecule has 0 saturated heterocycles. The summed E-state index contributed by atoms with van der Waals surface area (Å²) in [5, 5.41) is 2.75. The maximum absolute atomic E-state index is 10.5. The van der Waals surface area contributed by atoms with Gasteiger partial charge >= 0.3 is 0 Å². The first-order valence-electron chi connectivity index (χ1n) is 5.71. The zero-order valence-corrected chi connectivity index (χ0v) is 11.2. The zero-order chi connectivity index (χ0) is 13.3. The van der Waals surface area contributed by atoms with E-state index in [9.17, 15) is 4.79 Å². The van der Waals surface area contributed by atoms with Crippen molar-refractivity contribution in [1.29, 1.82) is 0 Å². The van der Waals surface area contributed by atoms with Gasteiger partial charge in [-0.3, -0.25) is 9.78 Å². The summed E-state index contributed by atoms with van der Waals surface area (Å²) in [7, 11) is 3.75. The average molecular weight is 235 g/mol. The summed E-state index contributed by atoms with van der Waals surface area (Å²) < 4.78 is 0. The number of carbonyl (C=O) groups is 1. The Morgan fingerprint density at radius 2 is 1.88 bits per heavy atom. The molecule has 2 aromatic heterocycles. The van der Waals surface area contributed by atoms with E-state index in [4.69, 9.17) is 0 Å². The second kappa shape index (κ2) is 8.47. The molecule has 0 aliphatic heterocycles. The molecule has 0 spiro atoms. The molecule has 0 aromatic carbocycles. The number of aryl methyl sites for hydroxylation is 1. The van der Waals surface area contributed by atoms with Gasteiger partial charge in [0, 0.05) is 11.9 Å². The van der Waals surface area contributed by atoms with Crippen molar-refractivity contribution in [3.05, 3.63) is 29.6 Å². The highest BCUT2D eigenvalue weighted by molar-refractivity contribution is 5.94. The first-order valence-corrected chi connectivity index (χ1v) is 5.71. The van der Waals surface area contributed by atoms with Crippen molar-refractivity contribution in [1.82, 2.24) is 15.3 Å². The first kappa shape index (κ1) is 15.3. The molecule has 0 radical (unpaired) electrons. The van der Waals surface area contributed by atoms with Gasteiger partial charge in [-0.25, -0.2) is 0 Å². The fraction of sp³-hybridized carbons (Fsp3) is 0.385. The van der Waals surface area contributed by atoms with E-state index in [0.29, 0.717) is 5.56 Å². The predicted octanol–water partition coefficient (Wildman–Crippen LogP) is 2.55. The number of fused-ring (bicyclic) bond motifs is 1. The number of hydrogen-bond acceptors (Lipinski definition) is 3. The normalized spacial score (nSPS) is 8.76. The molecule has 2 rings (SSSR count). The lowest BCUT2D eigenvalue weighted by Crippen LogP contribution is -1.89.